The molecule has 5 rings (SSSR count). The topological polar surface area (TPSA) is 49.8 Å². The van der Waals surface area contributed by atoms with E-state index >= 15 is 0 Å². The molecule has 186 valence electrons. The summed E-state index contributed by atoms with van der Waals surface area (Å²) in [7, 11) is 0. The molecule has 0 amide bonds. The number of benzene rings is 2. The number of hydrogen-bond donors (Lipinski definition) is 1. The first-order valence-electron chi connectivity index (χ1n) is 12.4. The van der Waals surface area contributed by atoms with E-state index in [0.717, 1.165) is 68.3 Å². The van der Waals surface area contributed by atoms with Crippen LogP contribution in [0.5, 0.6) is 0 Å². The van der Waals surface area contributed by atoms with Gasteiger partial charge in [0, 0.05) is 30.8 Å². The first-order valence-corrected chi connectivity index (χ1v) is 12.8. The molecule has 1 heterocycles. The monoisotopic (exact) mass is 505 g/mol. The van der Waals surface area contributed by atoms with Gasteiger partial charge in [0.25, 0.3) is 0 Å². The van der Waals surface area contributed by atoms with Crippen molar-refractivity contribution in [3.05, 3.63) is 100.0 Å². The normalized spacial score (nSPS) is 20.9. The smallest absolute Gasteiger partial charge is 0.328 e. The van der Waals surface area contributed by atoms with Gasteiger partial charge in [0.1, 0.15) is 5.82 Å². The molecule has 2 aliphatic carbocycles. The fourth-order valence-electron chi connectivity index (χ4n) is 5.17. The van der Waals surface area contributed by atoms with E-state index in [0.29, 0.717) is 10.9 Å². The molecular formula is C30H29ClFNO3. The highest BCUT2D eigenvalue weighted by Crippen LogP contribution is 2.48. The molecule has 4 nitrogen and oxygen atoms in total. The fourth-order valence-corrected chi connectivity index (χ4v) is 5.44. The molecule has 2 aromatic carbocycles. The average molecular weight is 506 g/mol. The predicted molar refractivity (Wildman–Crippen MR) is 142 cm³/mol. The standard InChI is InChI=1S/C30H29ClFNO3/c31-27-19-24(32)10-12-26(27)30(21-2-1-3-21)29(22-7-4-20(5-8-22)6-13-28(34)35)23-9-11-25(18-23)33-14-16-36-17-15-33/h4-13,18-19,21,23H,1-3,14-17H2,(H,34,35)/b13-6+,30-29+. The van der Waals surface area contributed by atoms with Crippen molar-refractivity contribution in [2.45, 2.75) is 19.3 Å². The fraction of sp³-hybridized carbons (Fsp3) is 0.300. The summed E-state index contributed by atoms with van der Waals surface area (Å²) in [4.78, 5) is 13.3. The third-order valence-electron chi connectivity index (χ3n) is 7.20. The van der Waals surface area contributed by atoms with Gasteiger partial charge in [-0.25, -0.2) is 9.18 Å². The lowest BCUT2D eigenvalue weighted by molar-refractivity contribution is -0.131. The molecule has 0 radical (unpaired) electrons. The van der Waals surface area contributed by atoms with Gasteiger partial charge in [-0.15, -0.1) is 0 Å². The van der Waals surface area contributed by atoms with Crippen LogP contribution in [0.15, 0.2) is 72.5 Å². The van der Waals surface area contributed by atoms with Gasteiger partial charge in [0.15, 0.2) is 0 Å². The van der Waals surface area contributed by atoms with Gasteiger partial charge < -0.3 is 14.7 Å². The summed E-state index contributed by atoms with van der Waals surface area (Å²) in [6, 6.07) is 12.6. The lowest BCUT2D eigenvalue weighted by Gasteiger charge is -2.33. The lowest BCUT2D eigenvalue weighted by atomic mass is 9.72. The zero-order valence-corrected chi connectivity index (χ0v) is 20.8. The van der Waals surface area contributed by atoms with Crippen molar-refractivity contribution < 1.29 is 19.0 Å². The van der Waals surface area contributed by atoms with E-state index in [-0.39, 0.29) is 11.7 Å². The molecule has 1 unspecified atom stereocenters. The minimum atomic E-state index is -0.977. The number of carbonyl (C=O) groups is 1. The molecule has 2 aromatic rings. The number of nitrogens with zero attached hydrogens (tertiary/aromatic N) is 1. The SMILES string of the molecule is O=C(O)/C=C/c1ccc(/C(=C(\c2ccc(F)cc2Cl)C2CCC2)C2C=CC(N3CCOCC3)=C2)cc1. The number of carboxylic acid groups (broad SMARTS) is 1. The Morgan fingerprint density at radius 1 is 1.08 bits per heavy atom. The molecule has 1 aliphatic heterocycles. The quantitative estimate of drug-likeness (QED) is 0.336. The summed E-state index contributed by atoms with van der Waals surface area (Å²) >= 11 is 6.64. The second-order valence-electron chi connectivity index (χ2n) is 9.45. The minimum Gasteiger partial charge on any atom is -0.478 e. The second-order valence-corrected chi connectivity index (χ2v) is 9.86. The highest BCUT2D eigenvalue weighted by Gasteiger charge is 2.31. The average Bonchev–Trinajstić information content (AvgIpc) is 3.32. The van der Waals surface area contributed by atoms with Crippen molar-refractivity contribution in [2.75, 3.05) is 26.3 Å². The first-order chi connectivity index (χ1) is 17.5. The van der Waals surface area contributed by atoms with Crippen LogP contribution in [-0.4, -0.2) is 42.3 Å². The maximum absolute atomic E-state index is 14.0. The highest BCUT2D eigenvalue weighted by molar-refractivity contribution is 6.32. The molecule has 1 N–H and O–H groups in total. The minimum absolute atomic E-state index is 0.0416. The number of hydrogen-bond acceptors (Lipinski definition) is 3. The molecule has 3 aliphatic rings. The van der Waals surface area contributed by atoms with Crippen LogP contribution in [0, 0.1) is 17.7 Å². The number of allylic oxidation sites excluding steroid dienone is 5. The van der Waals surface area contributed by atoms with Crippen LogP contribution in [0.1, 0.15) is 36.0 Å². The van der Waals surface area contributed by atoms with Gasteiger partial charge in [-0.3, -0.25) is 0 Å². The molecule has 0 aromatic heterocycles. The van der Waals surface area contributed by atoms with Crippen molar-refractivity contribution in [1.29, 1.82) is 0 Å². The van der Waals surface area contributed by atoms with E-state index in [1.807, 2.05) is 24.3 Å². The number of aliphatic carboxylic acids is 1. The number of rotatable bonds is 7. The molecular weight excluding hydrogens is 477 g/mol. The van der Waals surface area contributed by atoms with E-state index in [4.69, 9.17) is 21.4 Å². The predicted octanol–water partition coefficient (Wildman–Crippen LogP) is 6.69. The van der Waals surface area contributed by atoms with E-state index in [9.17, 15) is 9.18 Å². The summed E-state index contributed by atoms with van der Waals surface area (Å²) < 4.78 is 19.5. The van der Waals surface area contributed by atoms with Crippen LogP contribution in [-0.2, 0) is 9.53 Å². The van der Waals surface area contributed by atoms with Gasteiger partial charge >= 0.3 is 5.97 Å². The van der Waals surface area contributed by atoms with Gasteiger partial charge in [-0.1, -0.05) is 54.4 Å². The van der Waals surface area contributed by atoms with Crippen LogP contribution in [0.3, 0.4) is 0 Å². The molecule has 0 spiro atoms. The Hall–Kier alpha value is -3.15. The lowest BCUT2D eigenvalue weighted by Crippen LogP contribution is -2.34. The second kappa shape index (κ2) is 10.9. The van der Waals surface area contributed by atoms with E-state index in [1.165, 1.54) is 29.0 Å². The third-order valence-corrected chi connectivity index (χ3v) is 7.51. The summed E-state index contributed by atoms with van der Waals surface area (Å²) in [5.74, 6) is -0.929. The zero-order chi connectivity index (χ0) is 25.1. The van der Waals surface area contributed by atoms with E-state index in [1.54, 1.807) is 12.1 Å². The van der Waals surface area contributed by atoms with Crippen LogP contribution >= 0.6 is 11.6 Å². The van der Waals surface area contributed by atoms with E-state index < -0.39 is 5.97 Å². The van der Waals surface area contributed by atoms with Crippen LogP contribution in [0.2, 0.25) is 5.02 Å². The Bertz CT molecular complexity index is 1250. The Morgan fingerprint density at radius 3 is 2.47 bits per heavy atom. The largest absolute Gasteiger partial charge is 0.478 e. The Balaban J connectivity index is 1.63. The third kappa shape index (κ3) is 5.32. The van der Waals surface area contributed by atoms with Crippen molar-refractivity contribution in [1.82, 2.24) is 4.90 Å². The number of ether oxygens (including phenoxy) is 1. The molecule has 6 heteroatoms. The molecule has 1 saturated carbocycles. The maximum atomic E-state index is 14.0. The number of carboxylic acids is 1. The van der Waals surface area contributed by atoms with Crippen molar-refractivity contribution in [2.24, 2.45) is 11.8 Å². The van der Waals surface area contributed by atoms with Gasteiger partial charge in [-0.2, -0.15) is 0 Å². The Kier molecular flexibility index (Phi) is 7.40. The van der Waals surface area contributed by atoms with Crippen LogP contribution in [0.25, 0.3) is 17.2 Å². The van der Waals surface area contributed by atoms with Gasteiger partial charge in [-0.05, 0) is 77.0 Å². The highest BCUT2D eigenvalue weighted by atomic mass is 35.5. The summed E-state index contributed by atoms with van der Waals surface area (Å²) in [6.45, 7) is 3.18. The van der Waals surface area contributed by atoms with Crippen LogP contribution < -0.4 is 0 Å². The van der Waals surface area contributed by atoms with Gasteiger partial charge in [0.2, 0.25) is 0 Å². The van der Waals surface area contributed by atoms with Gasteiger partial charge in [0.05, 0.1) is 18.2 Å². The number of halogens is 2. The Morgan fingerprint density at radius 2 is 1.83 bits per heavy atom. The molecule has 1 atom stereocenters. The molecule has 0 bridgehead atoms. The molecule has 2 fully saturated rings. The Labute approximate surface area is 216 Å². The van der Waals surface area contributed by atoms with Crippen molar-refractivity contribution >= 4 is 34.8 Å². The maximum Gasteiger partial charge on any atom is 0.328 e. The zero-order valence-electron chi connectivity index (χ0n) is 20.0. The van der Waals surface area contributed by atoms with Crippen molar-refractivity contribution in [3.8, 4) is 0 Å². The summed E-state index contributed by atoms with van der Waals surface area (Å²) in [5, 5.41) is 9.40. The summed E-state index contributed by atoms with van der Waals surface area (Å²) in [6.07, 6.45) is 12.7. The summed E-state index contributed by atoms with van der Waals surface area (Å²) in [5.41, 5.74) is 6.29. The van der Waals surface area contributed by atoms with Crippen LogP contribution in [0.4, 0.5) is 4.39 Å². The number of morpholine rings is 1. The first kappa shape index (κ1) is 24.5. The van der Waals surface area contributed by atoms with E-state index in [2.05, 4.69) is 23.1 Å². The molecule has 1 saturated heterocycles. The molecule has 36 heavy (non-hydrogen) atoms. The van der Waals surface area contributed by atoms with Crippen molar-refractivity contribution in [3.63, 3.8) is 0 Å².